The Balaban J connectivity index is 2.82. The van der Waals surface area contributed by atoms with Gasteiger partial charge in [0.15, 0.2) is 0 Å². The SMILES string of the molecule is CNCC(C)C(=O)Nc1snc(C)c1C(=O)O. The van der Waals surface area contributed by atoms with Crippen LogP contribution in [0.2, 0.25) is 0 Å². The lowest BCUT2D eigenvalue weighted by Gasteiger charge is -2.10. The topological polar surface area (TPSA) is 91.3 Å². The van der Waals surface area contributed by atoms with Gasteiger partial charge in [-0.1, -0.05) is 6.92 Å². The number of aromatic carboxylic acids is 1. The fourth-order valence-electron chi connectivity index (χ4n) is 1.34. The molecule has 0 aromatic carbocycles. The summed E-state index contributed by atoms with van der Waals surface area (Å²) in [7, 11) is 1.75. The molecule has 0 aliphatic heterocycles. The Kier molecular flexibility index (Phi) is 4.59. The molecule has 3 N–H and O–H groups in total. The van der Waals surface area contributed by atoms with E-state index in [1.807, 2.05) is 0 Å². The van der Waals surface area contributed by atoms with Gasteiger partial charge in [0.1, 0.15) is 10.6 Å². The van der Waals surface area contributed by atoms with Gasteiger partial charge in [0.05, 0.1) is 5.69 Å². The molecule has 6 nitrogen and oxygen atoms in total. The van der Waals surface area contributed by atoms with Gasteiger partial charge in [-0.2, -0.15) is 4.37 Å². The Bertz CT molecular complexity index is 430. The predicted molar refractivity (Wildman–Crippen MR) is 65.5 cm³/mol. The first-order chi connectivity index (χ1) is 7.97. The average Bonchev–Trinajstić information content (AvgIpc) is 2.60. The van der Waals surface area contributed by atoms with E-state index in [0.717, 1.165) is 11.5 Å². The lowest BCUT2D eigenvalue weighted by molar-refractivity contribution is -0.119. The third-order valence-electron chi connectivity index (χ3n) is 2.27. The number of aromatic nitrogens is 1. The number of rotatable bonds is 5. The molecule has 1 unspecified atom stereocenters. The zero-order valence-electron chi connectivity index (χ0n) is 9.90. The number of amides is 1. The predicted octanol–water partition coefficient (Wildman–Crippen LogP) is 0.944. The third kappa shape index (κ3) is 3.24. The summed E-state index contributed by atoms with van der Waals surface area (Å²) in [4.78, 5) is 22.7. The van der Waals surface area contributed by atoms with Crippen LogP contribution in [-0.4, -0.2) is 34.9 Å². The summed E-state index contributed by atoms with van der Waals surface area (Å²) in [5.41, 5.74) is 0.485. The Morgan fingerprint density at radius 2 is 2.18 bits per heavy atom. The molecule has 0 fully saturated rings. The lowest BCUT2D eigenvalue weighted by Crippen LogP contribution is -2.28. The van der Waals surface area contributed by atoms with Crippen molar-refractivity contribution >= 4 is 28.4 Å². The molecule has 1 aromatic rings. The number of aryl methyl sites for hydroxylation is 1. The van der Waals surface area contributed by atoms with Crippen molar-refractivity contribution in [2.45, 2.75) is 13.8 Å². The zero-order valence-corrected chi connectivity index (χ0v) is 10.7. The van der Waals surface area contributed by atoms with Crippen LogP contribution < -0.4 is 10.6 Å². The summed E-state index contributed by atoms with van der Waals surface area (Å²) in [6, 6.07) is 0. The van der Waals surface area contributed by atoms with Gasteiger partial charge < -0.3 is 15.7 Å². The van der Waals surface area contributed by atoms with Crippen LogP contribution in [0.5, 0.6) is 0 Å². The van der Waals surface area contributed by atoms with E-state index in [0.29, 0.717) is 17.2 Å². The van der Waals surface area contributed by atoms with Crippen LogP contribution in [0.1, 0.15) is 23.0 Å². The standard InChI is InChI=1S/C10H15N3O3S/c1-5(4-11-3)8(14)12-9-7(10(15)16)6(2)13-17-9/h5,11H,4H2,1-3H3,(H,12,14)(H,15,16). The Morgan fingerprint density at radius 1 is 1.53 bits per heavy atom. The molecular formula is C10H15N3O3S. The first-order valence-electron chi connectivity index (χ1n) is 5.12. The normalized spacial score (nSPS) is 12.2. The number of nitrogens with one attached hydrogen (secondary N) is 2. The lowest BCUT2D eigenvalue weighted by atomic mass is 10.1. The van der Waals surface area contributed by atoms with Gasteiger partial charge in [-0.05, 0) is 25.5 Å². The van der Waals surface area contributed by atoms with E-state index in [2.05, 4.69) is 15.0 Å². The second-order valence-electron chi connectivity index (χ2n) is 3.73. The maximum absolute atomic E-state index is 11.7. The van der Waals surface area contributed by atoms with Gasteiger partial charge >= 0.3 is 5.97 Å². The van der Waals surface area contributed by atoms with Gasteiger partial charge in [-0.3, -0.25) is 4.79 Å². The second kappa shape index (κ2) is 5.74. The van der Waals surface area contributed by atoms with Crippen molar-refractivity contribution in [3.8, 4) is 0 Å². The maximum Gasteiger partial charge on any atom is 0.340 e. The van der Waals surface area contributed by atoms with Crippen molar-refractivity contribution in [3.05, 3.63) is 11.3 Å². The molecule has 94 valence electrons. The molecule has 1 rings (SSSR count). The van der Waals surface area contributed by atoms with Crippen molar-refractivity contribution in [2.75, 3.05) is 18.9 Å². The number of carbonyl (C=O) groups excluding carboxylic acids is 1. The summed E-state index contributed by atoms with van der Waals surface area (Å²) in [6.07, 6.45) is 0. The molecule has 1 heterocycles. The van der Waals surface area contributed by atoms with Gasteiger partial charge in [-0.15, -0.1) is 0 Å². The Hall–Kier alpha value is -1.47. The molecule has 0 radical (unpaired) electrons. The van der Waals surface area contributed by atoms with Crippen LogP contribution in [0.3, 0.4) is 0 Å². The van der Waals surface area contributed by atoms with E-state index in [9.17, 15) is 9.59 Å². The summed E-state index contributed by atoms with van der Waals surface area (Å²) in [5, 5.41) is 14.8. The molecule has 0 spiro atoms. The highest BCUT2D eigenvalue weighted by Crippen LogP contribution is 2.24. The number of hydrogen-bond donors (Lipinski definition) is 3. The first kappa shape index (κ1) is 13.6. The summed E-state index contributed by atoms with van der Waals surface area (Å²) in [5.74, 6) is -1.53. The molecule has 1 aromatic heterocycles. The van der Waals surface area contributed by atoms with Crippen molar-refractivity contribution in [3.63, 3.8) is 0 Å². The van der Waals surface area contributed by atoms with Gasteiger partial charge in [-0.25, -0.2) is 4.79 Å². The highest BCUT2D eigenvalue weighted by molar-refractivity contribution is 7.11. The number of anilines is 1. The Labute approximate surface area is 103 Å². The van der Waals surface area contributed by atoms with E-state index >= 15 is 0 Å². The minimum atomic E-state index is -1.08. The van der Waals surface area contributed by atoms with Crippen molar-refractivity contribution in [1.82, 2.24) is 9.69 Å². The van der Waals surface area contributed by atoms with Crippen LogP contribution in [0.15, 0.2) is 0 Å². The molecule has 17 heavy (non-hydrogen) atoms. The second-order valence-corrected chi connectivity index (χ2v) is 4.50. The van der Waals surface area contributed by atoms with Crippen LogP contribution in [-0.2, 0) is 4.79 Å². The molecule has 0 aliphatic carbocycles. The number of carbonyl (C=O) groups is 2. The molecule has 1 atom stereocenters. The summed E-state index contributed by atoms with van der Waals surface area (Å²) < 4.78 is 3.93. The molecule has 0 bridgehead atoms. The highest BCUT2D eigenvalue weighted by atomic mass is 32.1. The van der Waals surface area contributed by atoms with Crippen molar-refractivity contribution in [2.24, 2.45) is 5.92 Å². The third-order valence-corrected chi connectivity index (χ3v) is 3.13. The van der Waals surface area contributed by atoms with Crippen molar-refractivity contribution < 1.29 is 14.7 Å². The van der Waals surface area contributed by atoms with Crippen LogP contribution >= 0.6 is 11.5 Å². The van der Waals surface area contributed by atoms with Crippen LogP contribution in [0.4, 0.5) is 5.00 Å². The fourth-order valence-corrected chi connectivity index (χ4v) is 2.13. The number of hydrogen-bond acceptors (Lipinski definition) is 5. The fraction of sp³-hybridized carbons (Fsp3) is 0.500. The van der Waals surface area contributed by atoms with Crippen LogP contribution in [0, 0.1) is 12.8 Å². The van der Waals surface area contributed by atoms with E-state index in [-0.39, 0.29) is 17.4 Å². The summed E-state index contributed by atoms with van der Waals surface area (Å²) >= 11 is 0.985. The van der Waals surface area contributed by atoms with E-state index < -0.39 is 5.97 Å². The monoisotopic (exact) mass is 257 g/mol. The molecule has 1 amide bonds. The van der Waals surface area contributed by atoms with Gasteiger partial charge in [0.25, 0.3) is 0 Å². The minimum absolute atomic E-state index is 0.0695. The summed E-state index contributed by atoms with van der Waals surface area (Å²) in [6.45, 7) is 3.90. The van der Waals surface area contributed by atoms with E-state index in [1.54, 1.807) is 20.9 Å². The number of carboxylic acid groups (broad SMARTS) is 1. The van der Waals surface area contributed by atoms with E-state index in [1.165, 1.54) is 0 Å². The quantitative estimate of drug-likeness (QED) is 0.730. The molecular weight excluding hydrogens is 242 g/mol. The highest BCUT2D eigenvalue weighted by Gasteiger charge is 2.21. The number of carboxylic acids is 1. The largest absolute Gasteiger partial charge is 0.478 e. The maximum atomic E-state index is 11.7. The molecule has 0 saturated heterocycles. The minimum Gasteiger partial charge on any atom is -0.478 e. The molecule has 0 aliphatic rings. The smallest absolute Gasteiger partial charge is 0.340 e. The van der Waals surface area contributed by atoms with E-state index in [4.69, 9.17) is 5.11 Å². The Morgan fingerprint density at radius 3 is 2.71 bits per heavy atom. The molecule has 0 saturated carbocycles. The van der Waals surface area contributed by atoms with Crippen molar-refractivity contribution in [1.29, 1.82) is 0 Å². The van der Waals surface area contributed by atoms with Crippen LogP contribution in [0.25, 0.3) is 0 Å². The number of nitrogens with zero attached hydrogens (tertiary/aromatic N) is 1. The van der Waals surface area contributed by atoms with Gasteiger partial charge in [0, 0.05) is 12.5 Å². The first-order valence-corrected chi connectivity index (χ1v) is 5.89. The average molecular weight is 257 g/mol. The zero-order chi connectivity index (χ0) is 13.0. The van der Waals surface area contributed by atoms with Gasteiger partial charge in [0.2, 0.25) is 5.91 Å². The molecule has 7 heteroatoms.